The van der Waals surface area contributed by atoms with Crippen molar-refractivity contribution in [3.8, 4) is 0 Å². The summed E-state index contributed by atoms with van der Waals surface area (Å²) in [4.78, 5) is 15.7. The Morgan fingerprint density at radius 2 is 1.50 bits per heavy atom. The van der Waals surface area contributed by atoms with E-state index in [0.717, 1.165) is 39.0 Å². The van der Waals surface area contributed by atoms with Gasteiger partial charge in [0, 0.05) is 45.8 Å². The Kier molecular flexibility index (Phi) is 13.6. The van der Waals surface area contributed by atoms with Gasteiger partial charge in [0.2, 0.25) is 5.91 Å². The molecule has 5 heteroatoms. The summed E-state index contributed by atoms with van der Waals surface area (Å²) in [5.74, 6) is 0.220. The zero-order chi connectivity index (χ0) is 16.8. The van der Waals surface area contributed by atoms with Gasteiger partial charge in [-0.1, -0.05) is 6.92 Å². The molecule has 5 nitrogen and oxygen atoms in total. The minimum absolute atomic E-state index is 0.220. The van der Waals surface area contributed by atoms with Gasteiger partial charge in [-0.05, 0) is 40.2 Å². The van der Waals surface area contributed by atoms with Gasteiger partial charge in [0.15, 0.2) is 0 Å². The molecule has 0 bridgehead atoms. The Morgan fingerprint density at radius 1 is 0.955 bits per heavy atom. The summed E-state index contributed by atoms with van der Waals surface area (Å²) in [5.41, 5.74) is 0. The van der Waals surface area contributed by atoms with Gasteiger partial charge in [0.1, 0.15) is 0 Å². The molecule has 0 heterocycles. The van der Waals surface area contributed by atoms with E-state index in [4.69, 9.17) is 9.47 Å². The zero-order valence-corrected chi connectivity index (χ0v) is 15.3. The van der Waals surface area contributed by atoms with Crippen molar-refractivity contribution in [1.29, 1.82) is 0 Å². The van der Waals surface area contributed by atoms with Crippen LogP contribution in [-0.4, -0.2) is 75.4 Å². The number of rotatable bonds is 14. The molecule has 0 aromatic heterocycles. The van der Waals surface area contributed by atoms with E-state index in [1.807, 2.05) is 14.0 Å². The molecular formula is C17H36N2O3. The molecule has 0 saturated heterocycles. The van der Waals surface area contributed by atoms with Crippen LogP contribution in [0.4, 0.5) is 0 Å². The van der Waals surface area contributed by atoms with Crippen LogP contribution in [-0.2, 0) is 14.3 Å². The molecule has 0 aromatic rings. The van der Waals surface area contributed by atoms with Crippen molar-refractivity contribution in [2.75, 3.05) is 53.6 Å². The third-order valence-electron chi connectivity index (χ3n) is 3.72. The topological polar surface area (TPSA) is 42.0 Å². The normalized spacial score (nSPS) is 11.4. The largest absolute Gasteiger partial charge is 0.379 e. The van der Waals surface area contributed by atoms with Crippen molar-refractivity contribution in [3.05, 3.63) is 0 Å². The Labute approximate surface area is 136 Å². The molecule has 0 fully saturated rings. The van der Waals surface area contributed by atoms with E-state index in [1.54, 1.807) is 4.90 Å². The number of carbonyl (C=O) groups is 1. The Bertz CT molecular complexity index is 273. The van der Waals surface area contributed by atoms with E-state index in [-0.39, 0.29) is 5.91 Å². The van der Waals surface area contributed by atoms with Crippen LogP contribution in [0, 0.1) is 0 Å². The highest BCUT2D eigenvalue weighted by Gasteiger charge is 2.06. The van der Waals surface area contributed by atoms with Gasteiger partial charge in [-0.2, -0.15) is 0 Å². The molecule has 0 radical (unpaired) electrons. The summed E-state index contributed by atoms with van der Waals surface area (Å²) in [5, 5.41) is 0. The van der Waals surface area contributed by atoms with Crippen LogP contribution >= 0.6 is 0 Å². The third-order valence-corrected chi connectivity index (χ3v) is 3.72. The van der Waals surface area contributed by atoms with Gasteiger partial charge < -0.3 is 19.3 Å². The third kappa shape index (κ3) is 12.0. The van der Waals surface area contributed by atoms with Crippen LogP contribution in [0.2, 0.25) is 0 Å². The van der Waals surface area contributed by atoms with Gasteiger partial charge in [0.05, 0.1) is 13.2 Å². The number of hydrogen-bond acceptors (Lipinski definition) is 4. The molecule has 0 aliphatic heterocycles. The molecule has 0 aromatic carbocycles. The monoisotopic (exact) mass is 316 g/mol. The second-order valence-electron chi connectivity index (χ2n) is 6.07. The lowest BCUT2D eigenvalue weighted by Crippen LogP contribution is -2.28. The molecule has 0 spiro atoms. The number of carbonyl (C=O) groups excluding carboxylic acids is 1. The summed E-state index contributed by atoms with van der Waals surface area (Å²) < 4.78 is 11.1. The molecule has 0 saturated carbocycles. The molecular weight excluding hydrogens is 280 g/mol. The van der Waals surface area contributed by atoms with Crippen molar-refractivity contribution in [3.63, 3.8) is 0 Å². The first-order valence-electron chi connectivity index (χ1n) is 8.58. The minimum Gasteiger partial charge on any atom is -0.379 e. The highest BCUT2D eigenvalue weighted by Crippen LogP contribution is 1.97. The summed E-state index contributed by atoms with van der Waals surface area (Å²) in [6, 6.07) is 0.589. The van der Waals surface area contributed by atoms with Crippen LogP contribution in [0.25, 0.3) is 0 Å². The molecule has 0 unspecified atom stereocenters. The van der Waals surface area contributed by atoms with Crippen LogP contribution in [0.5, 0.6) is 0 Å². The minimum atomic E-state index is 0.220. The Balaban J connectivity index is 3.29. The van der Waals surface area contributed by atoms with E-state index in [2.05, 4.69) is 25.8 Å². The van der Waals surface area contributed by atoms with Crippen molar-refractivity contribution in [2.24, 2.45) is 0 Å². The Morgan fingerprint density at radius 3 is 2.00 bits per heavy atom. The van der Waals surface area contributed by atoms with Gasteiger partial charge in [0.25, 0.3) is 0 Å². The van der Waals surface area contributed by atoms with Gasteiger partial charge in [-0.15, -0.1) is 0 Å². The number of ether oxygens (including phenoxy) is 2. The van der Waals surface area contributed by atoms with Gasteiger partial charge in [-0.25, -0.2) is 0 Å². The molecule has 0 N–H and O–H groups in total. The second kappa shape index (κ2) is 14.0. The van der Waals surface area contributed by atoms with Crippen molar-refractivity contribution in [2.45, 2.75) is 52.5 Å². The van der Waals surface area contributed by atoms with Crippen molar-refractivity contribution < 1.29 is 14.3 Å². The first kappa shape index (κ1) is 21.4. The average Bonchev–Trinajstić information content (AvgIpc) is 2.48. The smallest absolute Gasteiger partial charge is 0.222 e. The maximum absolute atomic E-state index is 11.6. The summed E-state index contributed by atoms with van der Waals surface area (Å²) in [6.07, 6.45) is 3.48. The molecule has 0 aliphatic carbocycles. The zero-order valence-electron chi connectivity index (χ0n) is 15.3. The van der Waals surface area contributed by atoms with Crippen LogP contribution in [0.15, 0.2) is 0 Å². The quantitative estimate of drug-likeness (QED) is 0.462. The molecule has 22 heavy (non-hydrogen) atoms. The first-order valence-corrected chi connectivity index (χ1v) is 8.58. The van der Waals surface area contributed by atoms with Gasteiger partial charge in [-0.3, -0.25) is 4.79 Å². The van der Waals surface area contributed by atoms with E-state index >= 15 is 0 Å². The highest BCUT2D eigenvalue weighted by atomic mass is 16.5. The van der Waals surface area contributed by atoms with Crippen LogP contribution in [0.1, 0.15) is 46.5 Å². The SMILES string of the molecule is CCCC(=O)N(C)CCCOCCOCCCN(C)C(C)C. The van der Waals surface area contributed by atoms with E-state index in [9.17, 15) is 4.79 Å². The van der Waals surface area contributed by atoms with Crippen molar-refractivity contribution in [1.82, 2.24) is 9.80 Å². The van der Waals surface area contributed by atoms with E-state index < -0.39 is 0 Å². The lowest BCUT2D eigenvalue weighted by Gasteiger charge is -2.20. The average molecular weight is 316 g/mol. The summed E-state index contributed by atoms with van der Waals surface area (Å²) in [7, 11) is 3.99. The summed E-state index contributed by atoms with van der Waals surface area (Å²) in [6.45, 7) is 11.0. The molecule has 0 aliphatic rings. The Hall–Kier alpha value is -0.650. The summed E-state index contributed by atoms with van der Waals surface area (Å²) >= 11 is 0. The maximum atomic E-state index is 11.6. The number of amides is 1. The fraction of sp³-hybridized carbons (Fsp3) is 0.941. The van der Waals surface area contributed by atoms with Crippen LogP contribution < -0.4 is 0 Å². The first-order chi connectivity index (χ1) is 10.5. The lowest BCUT2D eigenvalue weighted by atomic mass is 10.3. The number of hydrogen-bond donors (Lipinski definition) is 0. The van der Waals surface area contributed by atoms with E-state index in [0.29, 0.717) is 32.3 Å². The predicted molar refractivity (Wildman–Crippen MR) is 91.2 cm³/mol. The molecule has 0 atom stereocenters. The predicted octanol–water partition coefficient (Wildman–Crippen LogP) is 2.40. The molecule has 132 valence electrons. The van der Waals surface area contributed by atoms with Crippen LogP contribution in [0.3, 0.4) is 0 Å². The maximum Gasteiger partial charge on any atom is 0.222 e. The molecule has 1 amide bonds. The second-order valence-corrected chi connectivity index (χ2v) is 6.07. The fourth-order valence-corrected chi connectivity index (χ4v) is 1.93. The molecule has 0 rings (SSSR count). The fourth-order valence-electron chi connectivity index (χ4n) is 1.93. The lowest BCUT2D eigenvalue weighted by molar-refractivity contribution is -0.130. The highest BCUT2D eigenvalue weighted by molar-refractivity contribution is 5.75. The standard InChI is InChI=1S/C17H36N2O3/c1-6-9-17(20)19(5)11-8-13-22-15-14-21-12-7-10-18(4)16(2)3/h16H,6-15H2,1-5H3. The number of nitrogens with zero attached hydrogens (tertiary/aromatic N) is 2. The van der Waals surface area contributed by atoms with Gasteiger partial charge >= 0.3 is 0 Å². The van der Waals surface area contributed by atoms with E-state index in [1.165, 1.54) is 0 Å². The van der Waals surface area contributed by atoms with Crippen molar-refractivity contribution >= 4 is 5.91 Å².